The lowest BCUT2D eigenvalue weighted by Gasteiger charge is -2.18. The zero-order valence-electron chi connectivity index (χ0n) is 9.34. The number of aliphatic hydroxyl groups is 2. The Hall–Kier alpha value is -1.46. The maximum atomic E-state index is 10.6. The van der Waals surface area contributed by atoms with Gasteiger partial charge < -0.3 is 15.5 Å². The van der Waals surface area contributed by atoms with Gasteiger partial charge in [-0.1, -0.05) is 6.07 Å². The maximum Gasteiger partial charge on any atom is 0.216 e. The van der Waals surface area contributed by atoms with Crippen molar-refractivity contribution in [3.63, 3.8) is 0 Å². The van der Waals surface area contributed by atoms with Crippen LogP contribution in [0.25, 0.3) is 0 Å². The third kappa shape index (κ3) is 3.60. The predicted octanol–water partition coefficient (Wildman–Crippen LogP) is -0.0796. The highest BCUT2D eigenvalue weighted by molar-refractivity contribution is 5.72. The quantitative estimate of drug-likeness (QED) is 0.668. The molecule has 0 aliphatic rings. The van der Waals surface area contributed by atoms with E-state index in [4.69, 9.17) is 0 Å². The average Bonchev–Trinajstić information content (AvgIpc) is 2.24. The van der Waals surface area contributed by atoms with E-state index < -0.39 is 12.2 Å². The SMILES string of the molecule is CC(=O)NCC(O)C(O)c1cncc(C)c1. The van der Waals surface area contributed by atoms with Crippen molar-refractivity contribution in [1.82, 2.24) is 10.3 Å². The van der Waals surface area contributed by atoms with Crippen LogP contribution in [0.4, 0.5) is 0 Å². The molecule has 0 saturated heterocycles. The number of nitrogens with one attached hydrogen (secondary N) is 1. The fraction of sp³-hybridized carbons (Fsp3) is 0.455. The molecule has 5 nitrogen and oxygen atoms in total. The Morgan fingerprint density at radius 1 is 1.50 bits per heavy atom. The minimum absolute atomic E-state index is 0.0183. The highest BCUT2D eigenvalue weighted by atomic mass is 16.3. The number of pyridine rings is 1. The second-order valence-corrected chi connectivity index (χ2v) is 3.74. The topological polar surface area (TPSA) is 82.5 Å². The van der Waals surface area contributed by atoms with Crippen molar-refractivity contribution in [2.24, 2.45) is 0 Å². The van der Waals surface area contributed by atoms with Crippen LogP contribution in [0.2, 0.25) is 0 Å². The van der Waals surface area contributed by atoms with Crippen LogP contribution < -0.4 is 5.32 Å². The summed E-state index contributed by atoms with van der Waals surface area (Å²) in [7, 11) is 0. The molecule has 1 amide bonds. The predicted molar refractivity (Wildman–Crippen MR) is 58.6 cm³/mol. The van der Waals surface area contributed by atoms with Crippen molar-refractivity contribution in [2.75, 3.05) is 6.54 Å². The third-order valence-electron chi connectivity index (χ3n) is 2.16. The minimum atomic E-state index is -1.04. The van der Waals surface area contributed by atoms with Crippen molar-refractivity contribution in [2.45, 2.75) is 26.1 Å². The zero-order chi connectivity index (χ0) is 12.1. The summed E-state index contributed by atoms with van der Waals surface area (Å²) in [5, 5.41) is 21.8. The van der Waals surface area contributed by atoms with Crippen LogP contribution in [0.5, 0.6) is 0 Å². The van der Waals surface area contributed by atoms with Gasteiger partial charge in [0, 0.05) is 31.4 Å². The average molecular weight is 224 g/mol. The van der Waals surface area contributed by atoms with Crippen molar-refractivity contribution < 1.29 is 15.0 Å². The molecule has 0 aromatic carbocycles. The molecule has 3 N–H and O–H groups in total. The van der Waals surface area contributed by atoms with Crippen LogP contribution >= 0.6 is 0 Å². The summed E-state index contributed by atoms with van der Waals surface area (Å²) in [5.41, 5.74) is 1.45. The summed E-state index contributed by atoms with van der Waals surface area (Å²) in [5.74, 6) is -0.242. The second kappa shape index (κ2) is 5.58. The molecule has 1 aromatic rings. The lowest BCUT2D eigenvalue weighted by molar-refractivity contribution is -0.119. The van der Waals surface area contributed by atoms with Gasteiger partial charge in [0.25, 0.3) is 0 Å². The van der Waals surface area contributed by atoms with E-state index in [0.717, 1.165) is 5.56 Å². The van der Waals surface area contributed by atoms with Crippen molar-refractivity contribution >= 4 is 5.91 Å². The first-order valence-electron chi connectivity index (χ1n) is 5.03. The molecule has 1 aromatic heterocycles. The van der Waals surface area contributed by atoms with Gasteiger partial charge in [-0.25, -0.2) is 0 Å². The van der Waals surface area contributed by atoms with Gasteiger partial charge in [0.2, 0.25) is 5.91 Å². The van der Waals surface area contributed by atoms with E-state index in [9.17, 15) is 15.0 Å². The fourth-order valence-electron chi connectivity index (χ4n) is 1.32. The molecule has 0 aliphatic carbocycles. The first-order valence-corrected chi connectivity index (χ1v) is 5.03. The van der Waals surface area contributed by atoms with Gasteiger partial charge in [0.1, 0.15) is 12.2 Å². The van der Waals surface area contributed by atoms with E-state index in [0.29, 0.717) is 5.56 Å². The molecule has 16 heavy (non-hydrogen) atoms. The first-order chi connectivity index (χ1) is 7.50. The van der Waals surface area contributed by atoms with Gasteiger partial charge in [0.05, 0.1) is 0 Å². The van der Waals surface area contributed by atoms with E-state index in [1.165, 1.54) is 13.1 Å². The van der Waals surface area contributed by atoms with Gasteiger partial charge in [0.15, 0.2) is 0 Å². The first kappa shape index (κ1) is 12.6. The summed E-state index contributed by atoms with van der Waals surface area (Å²) >= 11 is 0. The molecular formula is C11H16N2O3. The Bertz CT molecular complexity index is 368. The van der Waals surface area contributed by atoms with E-state index in [1.54, 1.807) is 12.3 Å². The molecular weight excluding hydrogens is 208 g/mol. The van der Waals surface area contributed by atoms with E-state index >= 15 is 0 Å². The molecule has 0 saturated carbocycles. The molecule has 0 bridgehead atoms. The number of carbonyl (C=O) groups excluding carboxylic acids is 1. The second-order valence-electron chi connectivity index (χ2n) is 3.74. The van der Waals surface area contributed by atoms with Crippen LogP contribution in [-0.2, 0) is 4.79 Å². The van der Waals surface area contributed by atoms with Crippen molar-refractivity contribution in [3.8, 4) is 0 Å². The van der Waals surface area contributed by atoms with E-state index in [1.807, 2.05) is 6.92 Å². The van der Waals surface area contributed by atoms with E-state index in [2.05, 4.69) is 10.3 Å². The van der Waals surface area contributed by atoms with Gasteiger partial charge in [-0.15, -0.1) is 0 Å². The number of aliphatic hydroxyl groups excluding tert-OH is 2. The number of hydrogen-bond donors (Lipinski definition) is 3. The molecule has 5 heteroatoms. The third-order valence-corrected chi connectivity index (χ3v) is 2.16. The normalized spacial score (nSPS) is 14.2. The Morgan fingerprint density at radius 2 is 2.19 bits per heavy atom. The van der Waals surface area contributed by atoms with Gasteiger partial charge in [-0.05, 0) is 12.5 Å². The number of carbonyl (C=O) groups is 1. The van der Waals surface area contributed by atoms with Crippen LogP contribution in [0, 0.1) is 6.92 Å². The van der Waals surface area contributed by atoms with Gasteiger partial charge in [-0.3, -0.25) is 9.78 Å². The maximum absolute atomic E-state index is 10.6. The van der Waals surface area contributed by atoms with Crippen LogP contribution in [0.1, 0.15) is 24.2 Å². The number of nitrogens with zero attached hydrogens (tertiary/aromatic N) is 1. The molecule has 0 fully saturated rings. The molecule has 0 spiro atoms. The molecule has 2 unspecified atom stereocenters. The Morgan fingerprint density at radius 3 is 2.75 bits per heavy atom. The van der Waals surface area contributed by atoms with Crippen LogP contribution in [-0.4, -0.2) is 33.8 Å². The molecule has 1 heterocycles. The Kier molecular flexibility index (Phi) is 4.39. The van der Waals surface area contributed by atoms with E-state index in [-0.39, 0.29) is 12.5 Å². The number of aromatic nitrogens is 1. The van der Waals surface area contributed by atoms with Crippen molar-refractivity contribution in [1.29, 1.82) is 0 Å². The number of hydrogen-bond acceptors (Lipinski definition) is 4. The molecule has 0 radical (unpaired) electrons. The largest absolute Gasteiger partial charge is 0.388 e. The van der Waals surface area contributed by atoms with Crippen molar-refractivity contribution in [3.05, 3.63) is 29.6 Å². The monoisotopic (exact) mass is 224 g/mol. The highest BCUT2D eigenvalue weighted by Gasteiger charge is 2.18. The minimum Gasteiger partial charge on any atom is -0.388 e. The molecule has 1 rings (SSSR count). The van der Waals surface area contributed by atoms with Crippen LogP contribution in [0.3, 0.4) is 0 Å². The Labute approximate surface area is 94.1 Å². The summed E-state index contributed by atoms with van der Waals surface area (Å²) in [6.07, 6.45) is 1.08. The molecule has 2 atom stereocenters. The summed E-state index contributed by atoms with van der Waals surface area (Å²) < 4.78 is 0. The Balaban J connectivity index is 2.62. The standard InChI is InChI=1S/C11H16N2O3/c1-7-3-9(5-12-4-7)11(16)10(15)6-13-8(2)14/h3-5,10-11,15-16H,6H2,1-2H3,(H,13,14). The zero-order valence-corrected chi connectivity index (χ0v) is 9.34. The van der Waals surface area contributed by atoms with Gasteiger partial charge in [-0.2, -0.15) is 0 Å². The molecule has 88 valence electrons. The number of amides is 1. The summed E-state index contributed by atoms with van der Waals surface area (Å²) in [4.78, 5) is 14.6. The smallest absolute Gasteiger partial charge is 0.216 e. The highest BCUT2D eigenvalue weighted by Crippen LogP contribution is 2.16. The summed E-state index contributed by atoms with van der Waals surface area (Å²) in [6, 6.07) is 1.74. The lowest BCUT2D eigenvalue weighted by Crippen LogP contribution is -2.34. The number of rotatable bonds is 4. The number of aryl methyl sites for hydroxylation is 1. The van der Waals surface area contributed by atoms with Gasteiger partial charge >= 0.3 is 0 Å². The summed E-state index contributed by atoms with van der Waals surface area (Å²) in [6.45, 7) is 3.22. The van der Waals surface area contributed by atoms with Crippen LogP contribution in [0.15, 0.2) is 18.5 Å². The lowest BCUT2D eigenvalue weighted by atomic mass is 10.1. The fourth-order valence-corrected chi connectivity index (χ4v) is 1.32. The molecule has 0 aliphatic heterocycles.